The fraction of sp³-hybridized carbons (Fsp3) is 0.556. The van der Waals surface area contributed by atoms with Gasteiger partial charge in [0.2, 0.25) is 10.0 Å². The van der Waals surface area contributed by atoms with E-state index in [1.165, 1.54) is 41.4 Å². The largest absolute Gasteiger partial charge is 0.300 e. The number of benzene rings is 1. The molecule has 2 aliphatic carbocycles. The first-order valence-electron chi connectivity index (χ1n) is 9.09. The van der Waals surface area contributed by atoms with Crippen molar-refractivity contribution in [1.29, 1.82) is 0 Å². The highest BCUT2D eigenvalue weighted by Gasteiger charge is 2.37. The lowest BCUT2D eigenvalue weighted by atomic mass is 9.93. The molecule has 1 saturated heterocycles. The van der Waals surface area contributed by atoms with Crippen molar-refractivity contribution in [3.63, 3.8) is 0 Å². The minimum absolute atomic E-state index is 0.103. The van der Waals surface area contributed by atoms with Crippen LogP contribution in [0, 0.1) is 27.9 Å². The van der Waals surface area contributed by atoms with Crippen LogP contribution in [0.25, 0.3) is 0 Å². The minimum Gasteiger partial charge on any atom is -0.300 e. The molecule has 1 aromatic carbocycles. The summed E-state index contributed by atoms with van der Waals surface area (Å²) < 4.78 is 27.0. The zero-order valence-corrected chi connectivity index (χ0v) is 15.3. The molecule has 2 fully saturated rings. The Kier molecular flexibility index (Phi) is 4.58. The number of hydrogen-bond acceptors (Lipinski definition) is 5. The molecule has 140 valence electrons. The van der Waals surface area contributed by atoms with E-state index in [2.05, 4.69) is 17.1 Å². The van der Waals surface area contributed by atoms with Gasteiger partial charge in [0.15, 0.2) is 0 Å². The third kappa shape index (κ3) is 3.28. The number of nitro benzene ring substituents is 1. The summed E-state index contributed by atoms with van der Waals surface area (Å²) >= 11 is 0. The normalized spacial score (nSPS) is 29.3. The molecule has 0 amide bonds. The third-order valence-electron chi connectivity index (χ3n) is 5.93. The number of hydrogen-bond donors (Lipinski definition) is 0. The number of rotatable bonds is 5. The van der Waals surface area contributed by atoms with Crippen molar-refractivity contribution in [2.45, 2.75) is 17.7 Å². The Morgan fingerprint density at radius 1 is 1.04 bits per heavy atom. The van der Waals surface area contributed by atoms with Crippen LogP contribution in [0.5, 0.6) is 0 Å². The van der Waals surface area contributed by atoms with Crippen LogP contribution in [-0.2, 0) is 10.0 Å². The average molecular weight is 377 g/mol. The molecule has 7 nitrogen and oxygen atoms in total. The molecule has 26 heavy (non-hydrogen) atoms. The summed E-state index contributed by atoms with van der Waals surface area (Å²) in [7, 11) is -3.59. The Bertz CT molecular complexity index is 813. The molecule has 0 aromatic heterocycles. The summed E-state index contributed by atoms with van der Waals surface area (Å²) in [5.74, 6) is 2.18. The molecule has 4 rings (SSSR count). The van der Waals surface area contributed by atoms with Gasteiger partial charge in [-0.3, -0.25) is 10.1 Å². The number of sulfonamides is 1. The second kappa shape index (κ2) is 6.75. The van der Waals surface area contributed by atoms with Gasteiger partial charge in [0, 0.05) is 44.9 Å². The molecule has 2 bridgehead atoms. The highest BCUT2D eigenvalue weighted by molar-refractivity contribution is 7.89. The summed E-state index contributed by atoms with van der Waals surface area (Å²) in [6.07, 6.45) is 7.26. The van der Waals surface area contributed by atoms with Crippen LogP contribution in [0.3, 0.4) is 0 Å². The fourth-order valence-electron chi connectivity index (χ4n) is 4.48. The van der Waals surface area contributed by atoms with E-state index in [0.717, 1.165) is 25.6 Å². The first-order valence-corrected chi connectivity index (χ1v) is 10.5. The predicted octanol–water partition coefficient (Wildman–Crippen LogP) is 2.11. The molecule has 1 saturated carbocycles. The molecule has 3 aliphatic rings. The summed E-state index contributed by atoms with van der Waals surface area (Å²) in [6.45, 7) is 3.47. The lowest BCUT2D eigenvalue weighted by Gasteiger charge is -2.36. The van der Waals surface area contributed by atoms with Crippen LogP contribution in [0.1, 0.15) is 12.8 Å². The minimum atomic E-state index is -3.59. The van der Waals surface area contributed by atoms with Crippen molar-refractivity contribution in [2.75, 3.05) is 32.7 Å². The average Bonchev–Trinajstić information content (AvgIpc) is 3.25. The molecular formula is C18H23N3O4S. The lowest BCUT2D eigenvalue weighted by molar-refractivity contribution is -0.384. The van der Waals surface area contributed by atoms with E-state index in [9.17, 15) is 18.5 Å². The predicted molar refractivity (Wildman–Crippen MR) is 97.1 cm³/mol. The van der Waals surface area contributed by atoms with Crippen LogP contribution in [0.4, 0.5) is 5.69 Å². The van der Waals surface area contributed by atoms with Gasteiger partial charge in [0.1, 0.15) is 0 Å². The van der Waals surface area contributed by atoms with Crippen LogP contribution in [0.15, 0.2) is 41.3 Å². The van der Waals surface area contributed by atoms with Crippen LogP contribution < -0.4 is 0 Å². The lowest BCUT2D eigenvalue weighted by Crippen LogP contribution is -2.49. The molecule has 0 spiro atoms. The maximum atomic E-state index is 12.8. The van der Waals surface area contributed by atoms with E-state index in [0.29, 0.717) is 24.9 Å². The van der Waals surface area contributed by atoms with Gasteiger partial charge in [-0.15, -0.1) is 0 Å². The Morgan fingerprint density at radius 3 is 2.27 bits per heavy atom. The number of piperazine rings is 1. The maximum Gasteiger partial charge on any atom is 0.269 e. The number of nitro groups is 1. The van der Waals surface area contributed by atoms with Crippen LogP contribution >= 0.6 is 0 Å². The molecule has 8 heteroatoms. The number of fused-ring (bicyclic) bond motifs is 2. The zero-order chi connectivity index (χ0) is 18.3. The first-order chi connectivity index (χ1) is 12.4. The van der Waals surface area contributed by atoms with Crippen molar-refractivity contribution in [3.05, 3.63) is 46.5 Å². The van der Waals surface area contributed by atoms with Gasteiger partial charge in [-0.1, -0.05) is 12.2 Å². The van der Waals surface area contributed by atoms with Crippen LogP contribution in [0.2, 0.25) is 0 Å². The maximum absolute atomic E-state index is 12.8. The first kappa shape index (κ1) is 17.6. The molecule has 0 radical (unpaired) electrons. The topological polar surface area (TPSA) is 83.8 Å². The van der Waals surface area contributed by atoms with E-state index in [1.54, 1.807) is 0 Å². The van der Waals surface area contributed by atoms with E-state index in [-0.39, 0.29) is 10.6 Å². The van der Waals surface area contributed by atoms with Crippen molar-refractivity contribution in [2.24, 2.45) is 17.8 Å². The molecular weight excluding hydrogens is 354 g/mol. The van der Waals surface area contributed by atoms with Crippen molar-refractivity contribution < 1.29 is 13.3 Å². The quantitative estimate of drug-likeness (QED) is 0.446. The van der Waals surface area contributed by atoms with Gasteiger partial charge in [-0.05, 0) is 42.7 Å². The van der Waals surface area contributed by atoms with Crippen molar-refractivity contribution in [1.82, 2.24) is 9.21 Å². The second-order valence-corrected chi connectivity index (χ2v) is 9.43. The Morgan fingerprint density at radius 2 is 1.73 bits per heavy atom. The van der Waals surface area contributed by atoms with E-state index >= 15 is 0 Å². The van der Waals surface area contributed by atoms with Gasteiger partial charge in [0.05, 0.1) is 9.82 Å². The van der Waals surface area contributed by atoms with E-state index in [1.807, 2.05) is 0 Å². The van der Waals surface area contributed by atoms with Crippen molar-refractivity contribution in [3.8, 4) is 0 Å². The van der Waals surface area contributed by atoms with E-state index in [4.69, 9.17) is 0 Å². The molecule has 1 aliphatic heterocycles. The molecule has 0 unspecified atom stereocenters. The fourth-order valence-corrected chi connectivity index (χ4v) is 5.90. The molecule has 1 heterocycles. The Labute approximate surface area is 153 Å². The smallest absolute Gasteiger partial charge is 0.269 e. The number of allylic oxidation sites excluding steroid dienone is 2. The summed E-state index contributed by atoms with van der Waals surface area (Å²) in [4.78, 5) is 12.7. The number of non-ortho nitro benzene ring substituents is 1. The standard InChI is InChI=1S/C18H23N3O4S/c22-21(23)17-3-5-18(6-4-17)26(24,25)20-9-7-19(8-10-20)13-16-12-14-1-2-15(16)11-14/h1-6,14-16H,7-13H2/t14-,15-,16-/m1/s1. The van der Waals surface area contributed by atoms with Crippen molar-refractivity contribution >= 4 is 15.7 Å². The van der Waals surface area contributed by atoms with Gasteiger partial charge in [-0.25, -0.2) is 8.42 Å². The second-order valence-electron chi connectivity index (χ2n) is 7.50. The highest BCUT2D eigenvalue weighted by Crippen LogP contribution is 2.43. The SMILES string of the molecule is O=[N+]([O-])c1ccc(S(=O)(=O)N2CCN(C[C@H]3C[C@@H]4C=C[C@@H]3C4)CC2)cc1. The van der Waals surface area contributed by atoms with Gasteiger partial charge < -0.3 is 4.90 Å². The van der Waals surface area contributed by atoms with Gasteiger partial charge in [-0.2, -0.15) is 4.31 Å². The Balaban J connectivity index is 1.36. The third-order valence-corrected chi connectivity index (χ3v) is 7.84. The zero-order valence-electron chi connectivity index (χ0n) is 14.5. The Hall–Kier alpha value is -1.77. The van der Waals surface area contributed by atoms with Gasteiger partial charge in [0.25, 0.3) is 5.69 Å². The summed E-state index contributed by atoms with van der Waals surface area (Å²) in [5, 5.41) is 10.7. The molecule has 1 aromatic rings. The van der Waals surface area contributed by atoms with E-state index < -0.39 is 14.9 Å². The monoisotopic (exact) mass is 377 g/mol. The molecule has 0 N–H and O–H groups in total. The highest BCUT2D eigenvalue weighted by atomic mass is 32.2. The van der Waals surface area contributed by atoms with Crippen LogP contribution in [-0.4, -0.2) is 55.3 Å². The summed E-state index contributed by atoms with van der Waals surface area (Å²) in [5.41, 5.74) is -0.103. The molecule has 3 atom stereocenters. The number of nitrogens with zero attached hydrogens (tertiary/aromatic N) is 3. The van der Waals surface area contributed by atoms with Gasteiger partial charge >= 0.3 is 0 Å². The summed E-state index contributed by atoms with van der Waals surface area (Å²) in [6, 6.07) is 5.13.